The minimum absolute atomic E-state index is 0.0483. The molecule has 20 heavy (non-hydrogen) atoms. The van der Waals surface area contributed by atoms with Crippen molar-refractivity contribution in [2.45, 2.75) is 31.7 Å². The van der Waals surface area contributed by atoms with Gasteiger partial charge >= 0.3 is 5.97 Å². The molecule has 0 aromatic heterocycles. The fourth-order valence-electron chi connectivity index (χ4n) is 2.04. The molecule has 0 unspecified atom stereocenters. The predicted molar refractivity (Wildman–Crippen MR) is 67.0 cm³/mol. The highest BCUT2D eigenvalue weighted by molar-refractivity contribution is 5.80. The number of carbonyl (C=O) groups excluding carboxylic acids is 1. The Balaban J connectivity index is 2.00. The molecule has 4 nitrogen and oxygen atoms in total. The lowest BCUT2D eigenvalue weighted by Crippen LogP contribution is -2.36. The first kappa shape index (κ1) is 14.4. The van der Waals surface area contributed by atoms with Crippen molar-refractivity contribution in [3.8, 4) is 0 Å². The van der Waals surface area contributed by atoms with E-state index in [-0.39, 0.29) is 31.3 Å². The van der Waals surface area contributed by atoms with Crippen molar-refractivity contribution < 1.29 is 23.5 Å². The van der Waals surface area contributed by atoms with Crippen LogP contribution in [0.15, 0.2) is 18.2 Å². The van der Waals surface area contributed by atoms with Gasteiger partial charge in [0.2, 0.25) is 5.91 Å². The Kier molecular flexibility index (Phi) is 4.32. The zero-order chi connectivity index (χ0) is 14.7. The average molecular weight is 283 g/mol. The fourth-order valence-corrected chi connectivity index (χ4v) is 2.04. The Morgan fingerprint density at radius 2 is 1.95 bits per heavy atom. The molecule has 0 saturated heterocycles. The molecule has 1 saturated carbocycles. The van der Waals surface area contributed by atoms with E-state index in [0.717, 1.165) is 25.0 Å². The van der Waals surface area contributed by atoms with Crippen LogP contribution in [0.5, 0.6) is 0 Å². The molecule has 6 heteroatoms. The van der Waals surface area contributed by atoms with Crippen LogP contribution in [0.4, 0.5) is 8.78 Å². The van der Waals surface area contributed by atoms with Crippen molar-refractivity contribution in [1.29, 1.82) is 0 Å². The van der Waals surface area contributed by atoms with Crippen LogP contribution in [0.25, 0.3) is 0 Å². The highest BCUT2D eigenvalue weighted by Gasteiger charge is 2.32. The molecule has 1 aliphatic carbocycles. The Morgan fingerprint density at radius 3 is 2.50 bits per heavy atom. The molecular formula is C14H15F2NO3. The number of halogens is 2. The second kappa shape index (κ2) is 5.98. The van der Waals surface area contributed by atoms with Crippen LogP contribution in [0.2, 0.25) is 0 Å². The molecule has 1 amide bonds. The number of amides is 1. The van der Waals surface area contributed by atoms with Gasteiger partial charge in [-0.2, -0.15) is 0 Å². The van der Waals surface area contributed by atoms with Gasteiger partial charge in [0.15, 0.2) is 11.6 Å². The van der Waals surface area contributed by atoms with E-state index < -0.39 is 17.6 Å². The standard InChI is InChI=1S/C14H15F2NO3/c15-11-4-1-9(7-12(11)16)8-13(18)17(10-2-3-10)6-5-14(19)20/h1,4,7,10H,2-3,5-6,8H2,(H,19,20). The Bertz CT molecular complexity index is 529. The quantitative estimate of drug-likeness (QED) is 0.868. The number of hydrogen-bond acceptors (Lipinski definition) is 2. The van der Waals surface area contributed by atoms with Crippen molar-refractivity contribution in [2.75, 3.05) is 6.54 Å². The van der Waals surface area contributed by atoms with Gasteiger partial charge in [-0.3, -0.25) is 9.59 Å². The molecule has 108 valence electrons. The molecule has 1 aromatic carbocycles. The van der Waals surface area contributed by atoms with Crippen molar-refractivity contribution in [3.63, 3.8) is 0 Å². The first-order valence-electron chi connectivity index (χ1n) is 6.42. The lowest BCUT2D eigenvalue weighted by Gasteiger charge is -2.21. The summed E-state index contributed by atoms with van der Waals surface area (Å²) in [5, 5.41) is 8.67. The fraction of sp³-hybridized carbons (Fsp3) is 0.429. The number of carboxylic acids is 1. The molecule has 0 bridgehead atoms. The lowest BCUT2D eigenvalue weighted by molar-refractivity contribution is -0.138. The van der Waals surface area contributed by atoms with E-state index in [0.29, 0.717) is 5.56 Å². The number of rotatable bonds is 6. The summed E-state index contributed by atoms with van der Waals surface area (Å²) in [6, 6.07) is 3.43. The van der Waals surface area contributed by atoms with Gasteiger partial charge in [-0.25, -0.2) is 8.78 Å². The summed E-state index contributed by atoms with van der Waals surface area (Å²) in [4.78, 5) is 24.2. The normalized spacial score (nSPS) is 14.1. The van der Waals surface area contributed by atoms with E-state index in [1.807, 2.05) is 0 Å². The third kappa shape index (κ3) is 3.76. The molecular weight excluding hydrogens is 268 g/mol. The van der Waals surface area contributed by atoms with Crippen molar-refractivity contribution in [2.24, 2.45) is 0 Å². The second-order valence-corrected chi connectivity index (χ2v) is 4.89. The monoisotopic (exact) mass is 283 g/mol. The molecule has 2 rings (SSSR count). The van der Waals surface area contributed by atoms with Crippen LogP contribution >= 0.6 is 0 Å². The maximum absolute atomic E-state index is 13.1. The maximum Gasteiger partial charge on any atom is 0.305 e. The SMILES string of the molecule is O=C(O)CCN(C(=O)Cc1ccc(F)c(F)c1)C1CC1. The van der Waals surface area contributed by atoms with Gasteiger partial charge in [0, 0.05) is 12.6 Å². The van der Waals surface area contributed by atoms with E-state index in [9.17, 15) is 18.4 Å². The number of hydrogen-bond donors (Lipinski definition) is 1. The molecule has 0 heterocycles. The molecule has 0 aliphatic heterocycles. The average Bonchev–Trinajstić information content (AvgIpc) is 3.18. The summed E-state index contributed by atoms with van der Waals surface area (Å²) in [6.07, 6.45) is 1.57. The van der Waals surface area contributed by atoms with Crippen LogP contribution in [0, 0.1) is 11.6 Å². The van der Waals surface area contributed by atoms with E-state index in [4.69, 9.17) is 5.11 Å². The zero-order valence-corrected chi connectivity index (χ0v) is 10.8. The Morgan fingerprint density at radius 1 is 1.25 bits per heavy atom. The first-order valence-corrected chi connectivity index (χ1v) is 6.42. The van der Waals surface area contributed by atoms with Gasteiger partial charge < -0.3 is 10.0 Å². The molecule has 0 spiro atoms. The molecule has 1 fully saturated rings. The second-order valence-electron chi connectivity index (χ2n) is 4.89. The molecule has 0 radical (unpaired) electrons. The summed E-state index contributed by atoms with van der Waals surface area (Å²) in [7, 11) is 0. The zero-order valence-electron chi connectivity index (χ0n) is 10.8. The largest absolute Gasteiger partial charge is 0.481 e. The smallest absolute Gasteiger partial charge is 0.305 e. The highest BCUT2D eigenvalue weighted by Crippen LogP contribution is 2.27. The summed E-state index contributed by atoms with van der Waals surface area (Å²) in [5.41, 5.74) is 0.384. The molecule has 1 aliphatic rings. The van der Waals surface area contributed by atoms with Gasteiger partial charge in [0.1, 0.15) is 0 Å². The van der Waals surface area contributed by atoms with E-state index in [2.05, 4.69) is 0 Å². The van der Waals surface area contributed by atoms with Crippen molar-refractivity contribution in [3.05, 3.63) is 35.4 Å². The lowest BCUT2D eigenvalue weighted by atomic mass is 10.1. The van der Waals surface area contributed by atoms with Gasteiger partial charge in [-0.1, -0.05) is 6.07 Å². The van der Waals surface area contributed by atoms with E-state index in [1.165, 1.54) is 11.0 Å². The van der Waals surface area contributed by atoms with Crippen LogP contribution < -0.4 is 0 Å². The number of benzene rings is 1. The Labute approximate surface area is 115 Å². The van der Waals surface area contributed by atoms with Crippen LogP contribution in [-0.2, 0) is 16.0 Å². The number of carbonyl (C=O) groups is 2. The third-order valence-electron chi connectivity index (χ3n) is 3.21. The van der Waals surface area contributed by atoms with E-state index >= 15 is 0 Å². The van der Waals surface area contributed by atoms with Gasteiger partial charge in [-0.15, -0.1) is 0 Å². The highest BCUT2D eigenvalue weighted by atomic mass is 19.2. The van der Waals surface area contributed by atoms with Crippen LogP contribution in [0.1, 0.15) is 24.8 Å². The Hall–Kier alpha value is -1.98. The molecule has 1 N–H and O–H groups in total. The van der Waals surface area contributed by atoms with Gasteiger partial charge in [0.05, 0.1) is 12.8 Å². The van der Waals surface area contributed by atoms with E-state index in [1.54, 1.807) is 0 Å². The van der Waals surface area contributed by atoms with Crippen molar-refractivity contribution in [1.82, 2.24) is 4.90 Å². The third-order valence-corrected chi connectivity index (χ3v) is 3.21. The van der Waals surface area contributed by atoms with Crippen molar-refractivity contribution >= 4 is 11.9 Å². The summed E-state index contributed by atoms with van der Waals surface area (Å²) in [5.74, 6) is -3.15. The van der Waals surface area contributed by atoms with Gasteiger partial charge in [0.25, 0.3) is 0 Å². The number of carboxylic acid groups (broad SMARTS) is 1. The maximum atomic E-state index is 13.1. The molecule has 1 aromatic rings. The van der Waals surface area contributed by atoms with Gasteiger partial charge in [-0.05, 0) is 30.5 Å². The summed E-state index contributed by atoms with van der Waals surface area (Å²) >= 11 is 0. The minimum atomic E-state index is -0.987. The number of aliphatic carboxylic acids is 1. The van der Waals surface area contributed by atoms with Crippen LogP contribution in [-0.4, -0.2) is 34.5 Å². The van der Waals surface area contributed by atoms with Crippen LogP contribution in [0.3, 0.4) is 0 Å². The summed E-state index contributed by atoms with van der Waals surface area (Å²) in [6.45, 7) is 0.155. The molecule has 0 atom stereocenters. The minimum Gasteiger partial charge on any atom is -0.481 e. The number of nitrogens with zero attached hydrogens (tertiary/aromatic N) is 1. The predicted octanol–water partition coefficient (Wildman–Crippen LogP) is 1.97. The first-order chi connectivity index (χ1) is 9.47. The summed E-state index contributed by atoms with van der Waals surface area (Å²) < 4.78 is 25.9. The topological polar surface area (TPSA) is 57.6 Å².